The predicted octanol–water partition coefficient (Wildman–Crippen LogP) is 4.48. The zero-order valence-electron chi connectivity index (χ0n) is 11.8. The molecule has 1 aromatic heterocycles. The number of fused-ring (bicyclic) bond motifs is 3. The predicted molar refractivity (Wildman–Crippen MR) is 91.6 cm³/mol. The van der Waals surface area contributed by atoms with Gasteiger partial charge in [0, 0.05) is 22.2 Å². The van der Waals surface area contributed by atoms with Crippen LogP contribution in [0.2, 0.25) is 5.02 Å². The summed E-state index contributed by atoms with van der Waals surface area (Å²) in [6, 6.07) is 7.75. The first-order chi connectivity index (χ1) is 10.7. The second-order valence-corrected chi connectivity index (χ2v) is 7.33. The van der Waals surface area contributed by atoms with Crippen molar-refractivity contribution in [2.75, 3.05) is 0 Å². The molecule has 0 saturated heterocycles. The quantitative estimate of drug-likeness (QED) is 0.503. The number of hydrazone groups is 1. The maximum absolute atomic E-state index is 12.3. The van der Waals surface area contributed by atoms with E-state index in [4.69, 9.17) is 11.6 Å². The Balaban J connectivity index is 1.47. The third kappa shape index (κ3) is 2.36. The summed E-state index contributed by atoms with van der Waals surface area (Å²) in [5, 5.41) is 5.58. The molecule has 2 bridgehead atoms. The standard InChI is InChI=1S/C17H15ClN2OS/c18-15-13-3-1-2-4-14(13)22-16(15)17(21)20-19-9-12-8-10-5-6-11(12)7-10/h1-6,9-12H,7-8H2,(H,20,21). The van der Waals surface area contributed by atoms with Crippen molar-refractivity contribution in [3.8, 4) is 0 Å². The van der Waals surface area contributed by atoms with E-state index in [0.717, 1.165) is 16.5 Å². The lowest BCUT2D eigenvalue weighted by Gasteiger charge is -2.11. The minimum atomic E-state index is -0.235. The zero-order valence-corrected chi connectivity index (χ0v) is 13.4. The van der Waals surface area contributed by atoms with E-state index in [1.807, 2.05) is 30.5 Å². The van der Waals surface area contributed by atoms with Gasteiger partial charge in [0.2, 0.25) is 0 Å². The van der Waals surface area contributed by atoms with Crippen molar-refractivity contribution >= 4 is 45.1 Å². The fourth-order valence-electron chi connectivity index (χ4n) is 3.40. The summed E-state index contributed by atoms with van der Waals surface area (Å²) >= 11 is 7.70. The summed E-state index contributed by atoms with van der Waals surface area (Å²) in [6.07, 6.45) is 8.82. The van der Waals surface area contributed by atoms with Crippen LogP contribution >= 0.6 is 22.9 Å². The Hall–Kier alpha value is -1.65. The van der Waals surface area contributed by atoms with Crippen molar-refractivity contribution in [1.29, 1.82) is 0 Å². The van der Waals surface area contributed by atoms with Gasteiger partial charge in [-0.3, -0.25) is 4.79 Å². The molecule has 2 aromatic rings. The van der Waals surface area contributed by atoms with Crippen molar-refractivity contribution in [2.24, 2.45) is 22.9 Å². The number of carbonyl (C=O) groups is 1. The number of nitrogens with one attached hydrogen (secondary N) is 1. The van der Waals surface area contributed by atoms with Gasteiger partial charge in [-0.05, 0) is 30.7 Å². The lowest BCUT2D eigenvalue weighted by molar-refractivity contribution is 0.0959. The monoisotopic (exact) mass is 330 g/mol. The Morgan fingerprint density at radius 1 is 1.32 bits per heavy atom. The molecule has 5 heteroatoms. The number of thiophene rings is 1. The number of carbonyl (C=O) groups excluding carboxylic acids is 1. The van der Waals surface area contributed by atoms with E-state index in [2.05, 4.69) is 22.7 Å². The fraction of sp³-hybridized carbons (Fsp3) is 0.294. The highest BCUT2D eigenvalue weighted by atomic mass is 35.5. The van der Waals surface area contributed by atoms with Crippen LogP contribution < -0.4 is 5.43 Å². The van der Waals surface area contributed by atoms with E-state index < -0.39 is 0 Å². The second kappa shape index (κ2) is 5.52. The Bertz CT molecular complexity index is 795. The van der Waals surface area contributed by atoms with Gasteiger partial charge in [0.15, 0.2) is 0 Å². The minimum absolute atomic E-state index is 0.235. The van der Waals surface area contributed by atoms with Gasteiger partial charge in [-0.25, -0.2) is 5.43 Å². The molecule has 112 valence electrons. The van der Waals surface area contributed by atoms with E-state index in [-0.39, 0.29) is 5.91 Å². The number of benzene rings is 1. The molecule has 22 heavy (non-hydrogen) atoms. The second-order valence-electron chi connectivity index (χ2n) is 5.90. The number of hydrogen-bond acceptors (Lipinski definition) is 3. The van der Waals surface area contributed by atoms with Crippen LogP contribution in [0.3, 0.4) is 0 Å². The normalized spacial score (nSPS) is 26.3. The van der Waals surface area contributed by atoms with Gasteiger partial charge in [0.05, 0.1) is 5.02 Å². The van der Waals surface area contributed by atoms with Gasteiger partial charge < -0.3 is 0 Å². The molecule has 2 aliphatic rings. The topological polar surface area (TPSA) is 41.5 Å². The van der Waals surface area contributed by atoms with Crippen LogP contribution in [0.1, 0.15) is 22.5 Å². The molecule has 3 atom stereocenters. The van der Waals surface area contributed by atoms with Crippen LogP contribution in [0.5, 0.6) is 0 Å². The number of amides is 1. The van der Waals surface area contributed by atoms with Gasteiger partial charge in [0.25, 0.3) is 5.91 Å². The van der Waals surface area contributed by atoms with Crippen molar-refractivity contribution in [3.63, 3.8) is 0 Å². The maximum atomic E-state index is 12.3. The zero-order chi connectivity index (χ0) is 15.1. The molecule has 1 fully saturated rings. The third-order valence-corrected chi connectivity index (χ3v) is 6.18. The summed E-state index contributed by atoms with van der Waals surface area (Å²) in [4.78, 5) is 12.8. The van der Waals surface area contributed by atoms with Crippen LogP contribution in [-0.4, -0.2) is 12.1 Å². The molecule has 1 heterocycles. The molecule has 1 amide bonds. The number of nitrogens with zero attached hydrogens (tertiary/aromatic N) is 1. The van der Waals surface area contributed by atoms with Crippen LogP contribution in [0.4, 0.5) is 0 Å². The highest BCUT2D eigenvalue weighted by Gasteiger charge is 2.34. The van der Waals surface area contributed by atoms with Crippen LogP contribution in [-0.2, 0) is 0 Å². The first-order valence-corrected chi connectivity index (χ1v) is 8.60. The number of allylic oxidation sites excluding steroid dienone is 2. The molecule has 0 radical (unpaired) electrons. The third-order valence-electron chi connectivity index (χ3n) is 4.50. The average Bonchev–Trinajstić information content (AvgIpc) is 3.22. The van der Waals surface area contributed by atoms with Crippen molar-refractivity contribution in [2.45, 2.75) is 12.8 Å². The van der Waals surface area contributed by atoms with Crippen LogP contribution in [0.25, 0.3) is 10.1 Å². The average molecular weight is 331 g/mol. The van der Waals surface area contributed by atoms with E-state index >= 15 is 0 Å². The molecular weight excluding hydrogens is 316 g/mol. The van der Waals surface area contributed by atoms with Gasteiger partial charge in [0.1, 0.15) is 4.88 Å². The molecule has 3 nitrogen and oxygen atoms in total. The summed E-state index contributed by atoms with van der Waals surface area (Å²) in [5.74, 6) is 1.52. The molecule has 0 spiro atoms. The van der Waals surface area contributed by atoms with Crippen LogP contribution in [0, 0.1) is 17.8 Å². The van der Waals surface area contributed by atoms with Crippen molar-refractivity contribution in [1.82, 2.24) is 5.43 Å². The van der Waals surface area contributed by atoms with E-state index in [0.29, 0.717) is 27.7 Å². The molecule has 1 saturated carbocycles. The molecule has 3 unspecified atom stereocenters. The molecule has 2 aliphatic carbocycles. The van der Waals surface area contributed by atoms with Crippen LogP contribution in [0.15, 0.2) is 41.5 Å². The lowest BCUT2D eigenvalue weighted by atomic mass is 9.95. The lowest BCUT2D eigenvalue weighted by Crippen LogP contribution is -2.18. The number of hydrogen-bond donors (Lipinski definition) is 1. The summed E-state index contributed by atoms with van der Waals surface area (Å²) in [6.45, 7) is 0. The van der Waals surface area contributed by atoms with Gasteiger partial charge in [-0.1, -0.05) is 42.0 Å². The van der Waals surface area contributed by atoms with Crippen molar-refractivity contribution < 1.29 is 4.79 Å². The number of rotatable bonds is 3. The van der Waals surface area contributed by atoms with Gasteiger partial charge in [-0.15, -0.1) is 11.3 Å². The highest BCUT2D eigenvalue weighted by molar-refractivity contribution is 7.21. The Labute approximate surface area is 137 Å². The molecule has 1 N–H and O–H groups in total. The molecular formula is C17H15ClN2OS. The molecule has 1 aromatic carbocycles. The Morgan fingerprint density at radius 2 is 2.18 bits per heavy atom. The van der Waals surface area contributed by atoms with E-state index in [1.54, 1.807) is 0 Å². The van der Waals surface area contributed by atoms with Gasteiger partial charge >= 0.3 is 0 Å². The summed E-state index contributed by atoms with van der Waals surface area (Å²) in [5.41, 5.74) is 2.62. The van der Waals surface area contributed by atoms with E-state index in [1.165, 1.54) is 17.8 Å². The number of halogens is 1. The largest absolute Gasteiger partial charge is 0.282 e. The maximum Gasteiger partial charge on any atom is 0.282 e. The Morgan fingerprint density at radius 3 is 2.91 bits per heavy atom. The summed E-state index contributed by atoms with van der Waals surface area (Å²) < 4.78 is 1.01. The summed E-state index contributed by atoms with van der Waals surface area (Å²) in [7, 11) is 0. The molecule has 0 aliphatic heterocycles. The first-order valence-electron chi connectivity index (χ1n) is 7.41. The SMILES string of the molecule is O=C(NN=CC1CC2C=CC1C2)c1sc2ccccc2c1Cl. The van der Waals surface area contributed by atoms with E-state index in [9.17, 15) is 4.79 Å². The first kappa shape index (κ1) is 14.0. The van der Waals surface area contributed by atoms with Crippen molar-refractivity contribution in [3.05, 3.63) is 46.3 Å². The smallest absolute Gasteiger partial charge is 0.266 e. The fourth-order valence-corrected chi connectivity index (χ4v) is 4.80. The highest BCUT2D eigenvalue weighted by Crippen LogP contribution is 2.42. The Kier molecular flexibility index (Phi) is 3.51. The minimum Gasteiger partial charge on any atom is -0.266 e. The molecule has 4 rings (SSSR count). The van der Waals surface area contributed by atoms with Gasteiger partial charge in [-0.2, -0.15) is 5.10 Å².